The molecule has 3 N–H and O–H groups in total. The average molecular weight is 358 g/mol. The summed E-state index contributed by atoms with van der Waals surface area (Å²) in [7, 11) is 0. The van der Waals surface area contributed by atoms with Crippen LogP contribution in [0, 0.1) is 0 Å². The fourth-order valence-electron chi connectivity index (χ4n) is 1.69. The van der Waals surface area contributed by atoms with E-state index in [1.165, 1.54) is 17.5 Å². The molecule has 1 heterocycles. The highest BCUT2D eigenvalue weighted by atomic mass is 32.1. The van der Waals surface area contributed by atoms with Crippen LogP contribution in [0.25, 0.3) is 0 Å². The lowest BCUT2D eigenvalue weighted by Gasteiger charge is -2.09. The number of alkyl halides is 3. The van der Waals surface area contributed by atoms with Crippen LogP contribution in [0.15, 0.2) is 34.7 Å². The van der Waals surface area contributed by atoms with E-state index in [1.807, 2.05) is 0 Å². The number of halogens is 3. The van der Waals surface area contributed by atoms with E-state index in [0.717, 1.165) is 23.5 Å². The first-order valence-corrected chi connectivity index (χ1v) is 7.58. The van der Waals surface area contributed by atoms with Crippen molar-refractivity contribution in [1.29, 1.82) is 0 Å². The first-order chi connectivity index (χ1) is 11.3. The lowest BCUT2D eigenvalue weighted by molar-refractivity contribution is -0.137. The molecule has 0 amide bonds. The van der Waals surface area contributed by atoms with Gasteiger partial charge in [0.2, 0.25) is 0 Å². The molecule has 0 saturated heterocycles. The number of ether oxygens (including phenoxy) is 1. The lowest BCUT2D eigenvalue weighted by atomic mass is 10.2. The number of nitrogens with two attached hydrogens (primary N) is 1. The van der Waals surface area contributed by atoms with Crippen LogP contribution in [0.5, 0.6) is 0 Å². The summed E-state index contributed by atoms with van der Waals surface area (Å²) in [6, 6.07) is 4.42. The van der Waals surface area contributed by atoms with Crippen molar-refractivity contribution in [1.82, 2.24) is 4.98 Å². The third-order valence-corrected chi connectivity index (χ3v) is 3.39. The van der Waals surface area contributed by atoms with Gasteiger partial charge in [0.25, 0.3) is 0 Å². The molecule has 2 rings (SSSR count). The minimum Gasteiger partial charge on any atom is -0.461 e. The molecule has 0 spiro atoms. The fraction of sp³-hybridized carbons (Fsp3) is 0.214. The topological polar surface area (TPSA) is 89.6 Å². The van der Waals surface area contributed by atoms with Gasteiger partial charge < -0.3 is 10.5 Å². The highest BCUT2D eigenvalue weighted by Gasteiger charge is 2.30. The number of carbonyl (C=O) groups is 1. The number of nitrogen functional groups attached to an aromatic ring is 1. The first-order valence-electron chi connectivity index (χ1n) is 6.70. The molecular formula is C14H13F3N4O2S. The first kappa shape index (κ1) is 17.7. The Kier molecular flexibility index (Phi) is 5.39. The Hall–Kier alpha value is -2.62. The summed E-state index contributed by atoms with van der Waals surface area (Å²) in [4.78, 5) is 15.9. The molecule has 1 aromatic carbocycles. The second-order valence-electron chi connectivity index (χ2n) is 4.44. The van der Waals surface area contributed by atoms with Crippen molar-refractivity contribution in [2.45, 2.75) is 13.1 Å². The SMILES string of the molecule is CCOC(=O)/C(=N\Nc1cccc(C(F)(F)F)c1)c1csc(N)n1. The van der Waals surface area contributed by atoms with Crippen molar-refractivity contribution in [2.24, 2.45) is 5.10 Å². The van der Waals surface area contributed by atoms with E-state index < -0.39 is 17.7 Å². The number of nitrogens with one attached hydrogen (secondary N) is 1. The summed E-state index contributed by atoms with van der Waals surface area (Å²) in [6.07, 6.45) is -4.48. The predicted octanol–water partition coefficient (Wildman–Crippen LogP) is 3.12. The number of esters is 1. The molecular weight excluding hydrogens is 345 g/mol. The van der Waals surface area contributed by atoms with Crippen LogP contribution in [-0.2, 0) is 15.7 Å². The number of hydrazone groups is 1. The molecule has 0 radical (unpaired) electrons. The summed E-state index contributed by atoms with van der Waals surface area (Å²) in [5.41, 5.74) is 7.16. The van der Waals surface area contributed by atoms with Crippen molar-refractivity contribution < 1.29 is 22.7 Å². The van der Waals surface area contributed by atoms with E-state index in [0.29, 0.717) is 0 Å². The third kappa shape index (κ3) is 4.44. The van der Waals surface area contributed by atoms with Gasteiger partial charge in [-0.05, 0) is 25.1 Å². The van der Waals surface area contributed by atoms with Crippen LogP contribution in [-0.4, -0.2) is 23.3 Å². The molecule has 0 aliphatic heterocycles. The van der Waals surface area contributed by atoms with Gasteiger partial charge in [-0.15, -0.1) is 11.3 Å². The van der Waals surface area contributed by atoms with E-state index in [9.17, 15) is 18.0 Å². The van der Waals surface area contributed by atoms with Gasteiger partial charge in [-0.2, -0.15) is 18.3 Å². The zero-order valence-corrected chi connectivity index (χ0v) is 13.2. The zero-order valence-electron chi connectivity index (χ0n) is 12.4. The van der Waals surface area contributed by atoms with Gasteiger partial charge in [0.15, 0.2) is 10.8 Å². The molecule has 24 heavy (non-hydrogen) atoms. The highest BCUT2D eigenvalue weighted by molar-refractivity contribution is 7.13. The minimum absolute atomic E-state index is 0.0647. The number of carbonyl (C=O) groups excluding carboxylic acids is 1. The number of benzene rings is 1. The van der Waals surface area contributed by atoms with Gasteiger partial charge >= 0.3 is 12.1 Å². The number of nitrogens with zero attached hydrogens (tertiary/aromatic N) is 2. The molecule has 0 fully saturated rings. The summed E-state index contributed by atoms with van der Waals surface area (Å²) < 4.78 is 43.0. The molecule has 1 aromatic heterocycles. The zero-order chi connectivity index (χ0) is 17.7. The Balaban J connectivity index is 2.29. The predicted molar refractivity (Wildman–Crippen MR) is 84.8 cm³/mol. The summed E-state index contributed by atoms with van der Waals surface area (Å²) >= 11 is 1.10. The normalized spacial score (nSPS) is 12.1. The Bertz CT molecular complexity index is 758. The van der Waals surface area contributed by atoms with Crippen molar-refractivity contribution in [3.63, 3.8) is 0 Å². The van der Waals surface area contributed by atoms with Gasteiger partial charge in [-0.3, -0.25) is 5.43 Å². The maximum absolute atomic E-state index is 12.7. The van der Waals surface area contributed by atoms with Crippen LogP contribution >= 0.6 is 11.3 Å². The molecule has 2 aromatic rings. The standard InChI is InChI=1S/C14H13F3N4O2S/c1-2-23-12(22)11(10-7-24-13(18)19-10)21-20-9-5-3-4-8(6-9)14(15,16)17/h3-7,20H,2H2,1H3,(H2,18,19)/b21-11-. The lowest BCUT2D eigenvalue weighted by Crippen LogP contribution is -2.20. The smallest absolute Gasteiger partial charge is 0.416 e. The Morgan fingerprint density at radius 1 is 1.46 bits per heavy atom. The molecule has 0 aliphatic rings. The van der Waals surface area contributed by atoms with Crippen LogP contribution in [0.2, 0.25) is 0 Å². The van der Waals surface area contributed by atoms with Crippen LogP contribution in [0.3, 0.4) is 0 Å². The maximum Gasteiger partial charge on any atom is 0.416 e. The number of hydrogen-bond donors (Lipinski definition) is 2. The van der Waals surface area contributed by atoms with Crippen molar-refractivity contribution >= 4 is 33.8 Å². The minimum atomic E-state index is -4.48. The molecule has 0 aliphatic carbocycles. The molecule has 10 heteroatoms. The van der Waals surface area contributed by atoms with E-state index in [1.54, 1.807) is 6.92 Å². The van der Waals surface area contributed by atoms with E-state index in [-0.39, 0.29) is 28.8 Å². The number of anilines is 2. The van der Waals surface area contributed by atoms with Gasteiger partial charge in [0, 0.05) is 5.38 Å². The molecule has 0 unspecified atom stereocenters. The highest BCUT2D eigenvalue weighted by Crippen LogP contribution is 2.30. The van der Waals surface area contributed by atoms with Crippen LogP contribution in [0.4, 0.5) is 24.0 Å². The summed E-state index contributed by atoms with van der Waals surface area (Å²) in [5.74, 6) is -0.762. The maximum atomic E-state index is 12.7. The van der Waals surface area contributed by atoms with Gasteiger partial charge in [-0.25, -0.2) is 9.78 Å². The summed E-state index contributed by atoms with van der Waals surface area (Å²) in [6.45, 7) is 1.73. The average Bonchev–Trinajstić information content (AvgIpc) is 2.93. The summed E-state index contributed by atoms with van der Waals surface area (Å²) in [5, 5.41) is 5.55. The number of aromatic nitrogens is 1. The van der Waals surface area contributed by atoms with E-state index in [4.69, 9.17) is 10.5 Å². The number of thiazole rings is 1. The van der Waals surface area contributed by atoms with Gasteiger partial charge in [0.1, 0.15) is 5.69 Å². The number of rotatable bonds is 5. The monoisotopic (exact) mass is 358 g/mol. The van der Waals surface area contributed by atoms with Crippen LogP contribution < -0.4 is 11.2 Å². The Labute approximate surface area is 139 Å². The third-order valence-electron chi connectivity index (χ3n) is 2.72. The van der Waals surface area contributed by atoms with Crippen molar-refractivity contribution in [3.05, 3.63) is 40.9 Å². The largest absolute Gasteiger partial charge is 0.461 e. The molecule has 0 saturated carbocycles. The molecule has 6 nitrogen and oxygen atoms in total. The van der Waals surface area contributed by atoms with Crippen molar-refractivity contribution in [3.8, 4) is 0 Å². The Morgan fingerprint density at radius 3 is 2.79 bits per heavy atom. The Morgan fingerprint density at radius 2 is 2.21 bits per heavy atom. The number of hydrogen-bond acceptors (Lipinski definition) is 7. The quantitative estimate of drug-likeness (QED) is 0.487. The fourth-order valence-corrected chi connectivity index (χ4v) is 2.24. The molecule has 128 valence electrons. The van der Waals surface area contributed by atoms with Crippen molar-refractivity contribution in [2.75, 3.05) is 17.8 Å². The molecule has 0 atom stereocenters. The molecule has 0 bridgehead atoms. The second kappa shape index (κ2) is 7.30. The van der Waals surface area contributed by atoms with E-state index in [2.05, 4.69) is 15.5 Å². The van der Waals surface area contributed by atoms with E-state index >= 15 is 0 Å². The van der Waals surface area contributed by atoms with Gasteiger partial charge in [-0.1, -0.05) is 6.07 Å². The van der Waals surface area contributed by atoms with Crippen LogP contribution in [0.1, 0.15) is 18.2 Å². The van der Waals surface area contributed by atoms with Gasteiger partial charge in [0.05, 0.1) is 17.9 Å². The second-order valence-corrected chi connectivity index (χ2v) is 5.33.